The molecule has 0 fully saturated rings. The van der Waals surface area contributed by atoms with Crippen molar-refractivity contribution in [2.45, 2.75) is 32.0 Å². The molecule has 0 saturated carbocycles. The van der Waals surface area contributed by atoms with E-state index in [1.165, 1.54) is 24.8 Å². The molecule has 0 N–H and O–H groups in total. The van der Waals surface area contributed by atoms with Crippen LogP contribution in [0.15, 0.2) is 60.7 Å². The summed E-state index contributed by atoms with van der Waals surface area (Å²) in [6.07, 6.45) is -3.12. The molecular formula is C28H28F3NO4. The summed E-state index contributed by atoms with van der Waals surface area (Å²) in [6, 6.07) is 15.4. The Kier molecular flexibility index (Phi) is 7.43. The molecule has 0 bridgehead atoms. The molecule has 1 amide bonds. The summed E-state index contributed by atoms with van der Waals surface area (Å²) in [5.41, 5.74) is 2.07. The predicted molar refractivity (Wildman–Crippen MR) is 130 cm³/mol. The average Bonchev–Trinajstić information content (AvgIpc) is 2.90. The molecule has 3 aromatic carbocycles. The smallest absolute Gasteiger partial charge is 0.416 e. The number of hydrogen-bond acceptors (Lipinski definition) is 4. The number of carbonyl (C=O) groups excluding carboxylic acids is 1. The van der Waals surface area contributed by atoms with Gasteiger partial charge in [-0.05, 0) is 72.0 Å². The van der Waals surface area contributed by atoms with E-state index in [-0.39, 0.29) is 12.2 Å². The van der Waals surface area contributed by atoms with Crippen molar-refractivity contribution < 1.29 is 32.2 Å². The third kappa shape index (κ3) is 5.27. The highest BCUT2D eigenvalue weighted by molar-refractivity contribution is 5.95. The van der Waals surface area contributed by atoms with Gasteiger partial charge in [0.15, 0.2) is 11.5 Å². The first-order valence-corrected chi connectivity index (χ1v) is 11.7. The summed E-state index contributed by atoms with van der Waals surface area (Å²) in [4.78, 5) is 15.1. The van der Waals surface area contributed by atoms with E-state index in [1.807, 2.05) is 36.4 Å². The number of methoxy groups -OCH3 is 2. The van der Waals surface area contributed by atoms with Crippen LogP contribution in [-0.4, -0.2) is 38.2 Å². The van der Waals surface area contributed by atoms with E-state index in [2.05, 4.69) is 6.92 Å². The predicted octanol–water partition coefficient (Wildman–Crippen LogP) is 6.10. The Morgan fingerprint density at radius 3 is 2.33 bits per heavy atom. The molecule has 1 unspecified atom stereocenters. The van der Waals surface area contributed by atoms with Crippen LogP contribution in [0.5, 0.6) is 17.2 Å². The first-order valence-electron chi connectivity index (χ1n) is 11.7. The molecule has 1 aliphatic rings. The number of benzene rings is 3. The first-order chi connectivity index (χ1) is 17.2. The van der Waals surface area contributed by atoms with Crippen LogP contribution < -0.4 is 14.2 Å². The number of aryl methyl sites for hydroxylation is 1. The number of alkyl halides is 3. The maximum atomic E-state index is 13.5. The number of ether oxygens (including phenoxy) is 3. The molecule has 1 atom stereocenters. The molecule has 4 rings (SSSR count). The normalized spacial score (nSPS) is 15.3. The van der Waals surface area contributed by atoms with Gasteiger partial charge in [0.1, 0.15) is 12.4 Å². The Bertz CT molecular complexity index is 1220. The number of amides is 1. The van der Waals surface area contributed by atoms with Crippen molar-refractivity contribution >= 4 is 5.91 Å². The Labute approximate surface area is 208 Å². The number of fused-ring (bicyclic) bond motifs is 1. The molecule has 36 heavy (non-hydrogen) atoms. The molecular weight excluding hydrogens is 471 g/mol. The summed E-state index contributed by atoms with van der Waals surface area (Å²) < 4.78 is 56.9. The van der Waals surface area contributed by atoms with Gasteiger partial charge in [-0.3, -0.25) is 4.79 Å². The summed E-state index contributed by atoms with van der Waals surface area (Å²) >= 11 is 0. The molecule has 5 nitrogen and oxygen atoms in total. The molecule has 0 radical (unpaired) electrons. The van der Waals surface area contributed by atoms with Crippen LogP contribution in [0.1, 0.15) is 45.6 Å². The Hall–Kier alpha value is -3.68. The molecule has 1 aliphatic heterocycles. The minimum absolute atomic E-state index is 0.0222. The summed E-state index contributed by atoms with van der Waals surface area (Å²) in [5.74, 6) is 1.23. The monoisotopic (exact) mass is 499 g/mol. The quantitative estimate of drug-likeness (QED) is 0.394. The van der Waals surface area contributed by atoms with Crippen molar-refractivity contribution in [1.82, 2.24) is 4.90 Å². The van der Waals surface area contributed by atoms with Crippen molar-refractivity contribution in [1.29, 1.82) is 0 Å². The van der Waals surface area contributed by atoms with Gasteiger partial charge in [-0.15, -0.1) is 0 Å². The second-order valence-corrected chi connectivity index (χ2v) is 8.56. The zero-order chi connectivity index (χ0) is 25.9. The Morgan fingerprint density at radius 1 is 1.00 bits per heavy atom. The van der Waals surface area contributed by atoms with E-state index in [9.17, 15) is 18.0 Å². The number of hydrogen-bond donors (Lipinski definition) is 0. The topological polar surface area (TPSA) is 48.0 Å². The third-order valence-corrected chi connectivity index (χ3v) is 6.44. The Morgan fingerprint density at radius 2 is 1.69 bits per heavy atom. The van der Waals surface area contributed by atoms with Crippen molar-refractivity contribution in [3.05, 3.63) is 88.5 Å². The van der Waals surface area contributed by atoms with Crippen LogP contribution in [0.2, 0.25) is 0 Å². The zero-order valence-electron chi connectivity index (χ0n) is 20.4. The SMILES string of the molecule is CCc1ccc(OCC2c3cc(OC)c(OC)cc3CCN2C(=O)c2cccc(C(F)(F)F)c2)cc1. The summed E-state index contributed by atoms with van der Waals surface area (Å²) in [6.45, 7) is 2.51. The molecule has 190 valence electrons. The van der Waals surface area contributed by atoms with E-state index in [1.54, 1.807) is 12.0 Å². The molecule has 8 heteroatoms. The van der Waals surface area contributed by atoms with Gasteiger partial charge in [0.05, 0.1) is 25.8 Å². The minimum Gasteiger partial charge on any atom is -0.493 e. The van der Waals surface area contributed by atoms with E-state index < -0.39 is 23.7 Å². The lowest BCUT2D eigenvalue weighted by Crippen LogP contribution is -2.42. The van der Waals surface area contributed by atoms with Gasteiger partial charge in [-0.1, -0.05) is 25.1 Å². The van der Waals surface area contributed by atoms with Crippen LogP contribution in [0.3, 0.4) is 0 Å². The minimum atomic E-state index is -4.54. The van der Waals surface area contributed by atoms with Crippen molar-refractivity contribution in [3.8, 4) is 17.2 Å². The highest BCUT2D eigenvalue weighted by atomic mass is 19.4. The van der Waals surface area contributed by atoms with Gasteiger partial charge in [0, 0.05) is 12.1 Å². The highest BCUT2D eigenvalue weighted by Gasteiger charge is 2.35. The van der Waals surface area contributed by atoms with Crippen molar-refractivity contribution in [3.63, 3.8) is 0 Å². The van der Waals surface area contributed by atoms with Gasteiger partial charge in [0.25, 0.3) is 5.91 Å². The number of nitrogens with zero attached hydrogens (tertiary/aromatic N) is 1. The largest absolute Gasteiger partial charge is 0.493 e. The summed E-state index contributed by atoms with van der Waals surface area (Å²) in [5, 5.41) is 0. The van der Waals surface area contributed by atoms with Crippen LogP contribution in [0, 0.1) is 0 Å². The fourth-order valence-corrected chi connectivity index (χ4v) is 4.44. The van der Waals surface area contributed by atoms with Gasteiger partial charge < -0.3 is 19.1 Å². The number of rotatable bonds is 7. The lowest BCUT2D eigenvalue weighted by Gasteiger charge is -2.37. The highest BCUT2D eigenvalue weighted by Crippen LogP contribution is 2.39. The van der Waals surface area contributed by atoms with Crippen molar-refractivity contribution in [2.24, 2.45) is 0 Å². The van der Waals surface area contributed by atoms with Crippen LogP contribution in [0.4, 0.5) is 13.2 Å². The van der Waals surface area contributed by atoms with Gasteiger partial charge >= 0.3 is 6.18 Å². The maximum absolute atomic E-state index is 13.5. The molecule has 0 spiro atoms. The summed E-state index contributed by atoms with van der Waals surface area (Å²) in [7, 11) is 3.08. The first kappa shape index (κ1) is 25.4. The number of halogens is 3. The van der Waals surface area contributed by atoms with Crippen LogP contribution in [-0.2, 0) is 19.0 Å². The molecule has 1 heterocycles. The number of carbonyl (C=O) groups is 1. The van der Waals surface area contributed by atoms with Crippen LogP contribution >= 0.6 is 0 Å². The fraction of sp³-hybridized carbons (Fsp3) is 0.321. The molecule has 0 aromatic heterocycles. The fourth-order valence-electron chi connectivity index (χ4n) is 4.44. The second-order valence-electron chi connectivity index (χ2n) is 8.56. The average molecular weight is 500 g/mol. The molecule has 0 aliphatic carbocycles. The Balaban J connectivity index is 1.70. The van der Waals surface area contributed by atoms with E-state index >= 15 is 0 Å². The van der Waals surface area contributed by atoms with Gasteiger partial charge in [0.2, 0.25) is 0 Å². The van der Waals surface area contributed by atoms with E-state index in [4.69, 9.17) is 14.2 Å². The van der Waals surface area contributed by atoms with Crippen molar-refractivity contribution in [2.75, 3.05) is 27.4 Å². The van der Waals surface area contributed by atoms with Crippen LogP contribution in [0.25, 0.3) is 0 Å². The lowest BCUT2D eigenvalue weighted by molar-refractivity contribution is -0.137. The van der Waals surface area contributed by atoms with Gasteiger partial charge in [-0.2, -0.15) is 13.2 Å². The molecule has 3 aromatic rings. The standard InChI is InChI=1S/C28H28F3NO4/c1-4-18-8-10-22(11-9-18)36-17-24-23-16-26(35-3)25(34-2)15-19(23)12-13-32(24)27(33)20-6-5-7-21(14-20)28(29,30)31/h5-11,14-16,24H,4,12-13,17H2,1-3H3. The van der Waals surface area contributed by atoms with E-state index in [0.29, 0.717) is 30.2 Å². The molecule has 0 saturated heterocycles. The third-order valence-electron chi connectivity index (χ3n) is 6.44. The van der Waals surface area contributed by atoms with Gasteiger partial charge in [-0.25, -0.2) is 0 Å². The zero-order valence-corrected chi connectivity index (χ0v) is 20.4. The van der Waals surface area contributed by atoms with E-state index in [0.717, 1.165) is 29.7 Å². The lowest BCUT2D eigenvalue weighted by atomic mass is 9.91. The second kappa shape index (κ2) is 10.5. The maximum Gasteiger partial charge on any atom is 0.416 e.